The summed E-state index contributed by atoms with van der Waals surface area (Å²) in [7, 11) is 0. The molecule has 0 aliphatic carbocycles. The topological polar surface area (TPSA) is 72.5 Å². The van der Waals surface area contributed by atoms with Gasteiger partial charge in [0.15, 0.2) is 11.6 Å². The molecule has 0 saturated carbocycles. The number of carbonyl (C=O) groups is 1. The maximum absolute atomic E-state index is 13.4. The van der Waals surface area contributed by atoms with E-state index >= 15 is 0 Å². The van der Waals surface area contributed by atoms with Crippen LogP contribution < -0.4 is 10.5 Å². The molecule has 0 spiro atoms. The maximum Gasteiger partial charge on any atom is 0.337 e. The van der Waals surface area contributed by atoms with Crippen LogP contribution in [0.1, 0.15) is 30.6 Å². The van der Waals surface area contributed by atoms with Crippen molar-refractivity contribution in [1.82, 2.24) is 0 Å². The van der Waals surface area contributed by atoms with Crippen LogP contribution in [-0.4, -0.2) is 17.7 Å². The zero-order chi connectivity index (χ0) is 13.0. The van der Waals surface area contributed by atoms with Crippen molar-refractivity contribution in [3.8, 4) is 5.75 Å². The summed E-state index contributed by atoms with van der Waals surface area (Å²) in [5.74, 6) is -1.48. The van der Waals surface area contributed by atoms with E-state index in [1.807, 2.05) is 13.8 Å². The van der Waals surface area contributed by atoms with Gasteiger partial charge in [0.1, 0.15) is 0 Å². The van der Waals surface area contributed by atoms with Crippen LogP contribution in [0.5, 0.6) is 5.75 Å². The lowest BCUT2D eigenvalue weighted by atomic mass is 10.1. The summed E-state index contributed by atoms with van der Waals surface area (Å²) in [4.78, 5) is 10.8. The molecular weight excluding hydrogens is 225 g/mol. The van der Waals surface area contributed by atoms with E-state index in [4.69, 9.17) is 15.6 Å². The molecule has 0 unspecified atom stereocenters. The normalized spacial score (nSPS) is 10.6. The number of carboxylic acids is 1. The molecule has 0 bridgehead atoms. The molecule has 0 amide bonds. The first-order chi connectivity index (χ1) is 7.91. The van der Waals surface area contributed by atoms with E-state index in [1.54, 1.807) is 0 Å². The lowest BCUT2D eigenvalue weighted by molar-refractivity contribution is 0.0697. The van der Waals surface area contributed by atoms with Gasteiger partial charge in [-0.1, -0.05) is 13.8 Å². The van der Waals surface area contributed by atoms with Gasteiger partial charge < -0.3 is 15.6 Å². The van der Waals surface area contributed by atoms with Crippen molar-refractivity contribution >= 4 is 11.7 Å². The smallest absolute Gasteiger partial charge is 0.337 e. The van der Waals surface area contributed by atoms with Crippen LogP contribution in [0.25, 0.3) is 0 Å². The lowest BCUT2D eigenvalue weighted by Gasteiger charge is -2.10. The number of rotatable bonds is 5. The van der Waals surface area contributed by atoms with E-state index in [0.29, 0.717) is 12.5 Å². The number of hydrogen-bond donors (Lipinski definition) is 2. The van der Waals surface area contributed by atoms with Gasteiger partial charge in [0.25, 0.3) is 0 Å². The fraction of sp³-hybridized carbons (Fsp3) is 0.417. The van der Waals surface area contributed by atoms with Crippen LogP contribution in [0.3, 0.4) is 0 Å². The predicted molar refractivity (Wildman–Crippen MR) is 62.7 cm³/mol. The molecule has 0 fully saturated rings. The fourth-order valence-corrected chi connectivity index (χ4v) is 1.27. The molecule has 3 N–H and O–H groups in total. The number of anilines is 1. The quantitative estimate of drug-likeness (QED) is 0.777. The van der Waals surface area contributed by atoms with Crippen molar-refractivity contribution in [2.75, 3.05) is 12.3 Å². The Bertz CT molecular complexity index is 418. The molecule has 1 rings (SSSR count). The van der Waals surface area contributed by atoms with Crippen molar-refractivity contribution in [2.45, 2.75) is 20.3 Å². The molecule has 4 nitrogen and oxygen atoms in total. The minimum atomic E-state index is -1.20. The standard InChI is InChI=1S/C12H16FNO3/c1-7(2)3-4-17-11-5-8(12(15)16)10(14)6-9(11)13/h5-7H,3-4,14H2,1-2H3,(H,15,16). The molecule has 0 aromatic heterocycles. The molecule has 1 aromatic rings. The van der Waals surface area contributed by atoms with Gasteiger partial charge in [-0.3, -0.25) is 0 Å². The van der Waals surface area contributed by atoms with Gasteiger partial charge in [0, 0.05) is 11.8 Å². The average molecular weight is 241 g/mol. The molecule has 0 saturated heterocycles. The molecule has 0 atom stereocenters. The highest BCUT2D eigenvalue weighted by molar-refractivity contribution is 5.94. The summed E-state index contributed by atoms with van der Waals surface area (Å²) >= 11 is 0. The zero-order valence-electron chi connectivity index (χ0n) is 9.87. The third kappa shape index (κ3) is 3.62. The van der Waals surface area contributed by atoms with Gasteiger partial charge >= 0.3 is 5.97 Å². The summed E-state index contributed by atoms with van der Waals surface area (Å²) in [5.41, 5.74) is 5.14. The van der Waals surface area contributed by atoms with Gasteiger partial charge in [0.05, 0.1) is 12.2 Å². The van der Waals surface area contributed by atoms with E-state index < -0.39 is 11.8 Å². The van der Waals surface area contributed by atoms with E-state index in [2.05, 4.69) is 0 Å². The Balaban J connectivity index is 2.84. The van der Waals surface area contributed by atoms with Crippen molar-refractivity contribution in [2.24, 2.45) is 5.92 Å². The average Bonchev–Trinajstić information content (AvgIpc) is 2.20. The summed E-state index contributed by atoms with van der Waals surface area (Å²) in [6.07, 6.45) is 0.770. The molecule has 0 heterocycles. The van der Waals surface area contributed by atoms with E-state index in [-0.39, 0.29) is 17.0 Å². The molecular formula is C12H16FNO3. The molecule has 5 heteroatoms. The Morgan fingerprint density at radius 1 is 1.53 bits per heavy atom. The van der Waals surface area contributed by atoms with Crippen LogP contribution in [0.2, 0.25) is 0 Å². The molecule has 0 aliphatic rings. The minimum Gasteiger partial charge on any atom is -0.490 e. The third-order valence-corrected chi connectivity index (χ3v) is 2.29. The number of aromatic carboxylic acids is 1. The Morgan fingerprint density at radius 3 is 2.71 bits per heavy atom. The van der Waals surface area contributed by atoms with Crippen LogP contribution in [-0.2, 0) is 0 Å². The lowest BCUT2D eigenvalue weighted by Crippen LogP contribution is -2.07. The van der Waals surface area contributed by atoms with E-state index in [9.17, 15) is 9.18 Å². The second-order valence-electron chi connectivity index (χ2n) is 4.21. The van der Waals surface area contributed by atoms with Crippen LogP contribution in [0.15, 0.2) is 12.1 Å². The van der Waals surface area contributed by atoms with Gasteiger partial charge in [0.2, 0.25) is 0 Å². The molecule has 94 valence electrons. The van der Waals surface area contributed by atoms with Crippen LogP contribution in [0, 0.1) is 11.7 Å². The van der Waals surface area contributed by atoms with Crippen molar-refractivity contribution in [1.29, 1.82) is 0 Å². The number of nitrogens with two attached hydrogens (primary N) is 1. The second kappa shape index (κ2) is 5.52. The Morgan fingerprint density at radius 2 is 2.18 bits per heavy atom. The number of halogens is 1. The van der Waals surface area contributed by atoms with Crippen LogP contribution in [0.4, 0.5) is 10.1 Å². The third-order valence-electron chi connectivity index (χ3n) is 2.29. The zero-order valence-corrected chi connectivity index (χ0v) is 9.87. The first-order valence-corrected chi connectivity index (χ1v) is 5.37. The maximum atomic E-state index is 13.4. The summed E-state index contributed by atoms with van der Waals surface area (Å²) < 4.78 is 18.6. The number of nitrogen functional groups attached to an aromatic ring is 1. The highest BCUT2D eigenvalue weighted by Crippen LogP contribution is 2.24. The van der Waals surface area contributed by atoms with Crippen LogP contribution >= 0.6 is 0 Å². The van der Waals surface area contributed by atoms with Gasteiger partial charge in [-0.05, 0) is 18.4 Å². The predicted octanol–water partition coefficient (Wildman–Crippen LogP) is 2.53. The number of benzene rings is 1. The first kappa shape index (κ1) is 13.3. The number of ether oxygens (including phenoxy) is 1. The summed E-state index contributed by atoms with van der Waals surface area (Å²) in [6, 6.07) is 2.08. The molecule has 0 radical (unpaired) electrons. The summed E-state index contributed by atoms with van der Waals surface area (Å²) in [5, 5.41) is 8.84. The molecule has 17 heavy (non-hydrogen) atoms. The highest BCUT2D eigenvalue weighted by Gasteiger charge is 2.14. The van der Waals surface area contributed by atoms with Crippen molar-refractivity contribution in [3.05, 3.63) is 23.5 Å². The monoisotopic (exact) mass is 241 g/mol. The Kier molecular flexibility index (Phi) is 4.31. The first-order valence-electron chi connectivity index (χ1n) is 5.37. The van der Waals surface area contributed by atoms with Crippen molar-refractivity contribution in [3.63, 3.8) is 0 Å². The van der Waals surface area contributed by atoms with E-state index in [1.165, 1.54) is 0 Å². The van der Waals surface area contributed by atoms with Gasteiger partial charge in [-0.25, -0.2) is 9.18 Å². The number of hydrogen-bond acceptors (Lipinski definition) is 3. The van der Waals surface area contributed by atoms with Crippen molar-refractivity contribution < 1.29 is 19.0 Å². The SMILES string of the molecule is CC(C)CCOc1cc(C(=O)O)c(N)cc1F. The van der Waals surface area contributed by atoms with E-state index in [0.717, 1.165) is 18.6 Å². The number of carboxylic acid groups (broad SMARTS) is 1. The second-order valence-corrected chi connectivity index (χ2v) is 4.21. The molecule has 0 aliphatic heterocycles. The Labute approximate surface area is 99.2 Å². The largest absolute Gasteiger partial charge is 0.490 e. The highest BCUT2D eigenvalue weighted by atomic mass is 19.1. The fourth-order valence-electron chi connectivity index (χ4n) is 1.27. The Hall–Kier alpha value is -1.78. The molecule has 1 aromatic carbocycles. The van der Waals surface area contributed by atoms with Gasteiger partial charge in [-0.2, -0.15) is 0 Å². The summed E-state index contributed by atoms with van der Waals surface area (Å²) in [6.45, 7) is 4.38. The minimum absolute atomic E-state index is 0.0720. The van der Waals surface area contributed by atoms with Gasteiger partial charge in [-0.15, -0.1) is 0 Å².